The van der Waals surface area contributed by atoms with Crippen LogP contribution in [0.5, 0.6) is 5.75 Å². The van der Waals surface area contributed by atoms with E-state index in [-0.39, 0.29) is 36.8 Å². The van der Waals surface area contributed by atoms with Gasteiger partial charge in [0.2, 0.25) is 5.91 Å². The van der Waals surface area contributed by atoms with Crippen LogP contribution in [0.1, 0.15) is 36.8 Å². The summed E-state index contributed by atoms with van der Waals surface area (Å²) in [6.07, 6.45) is 6.40. The molecule has 0 bridgehead atoms. The van der Waals surface area contributed by atoms with Crippen LogP contribution < -0.4 is 10.1 Å². The number of methoxy groups -OCH3 is 1. The third kappa shape index (κ3) is 4.43. The summed E-state index contributed by atoms with van der Waals surface area (Å²) in [5.41, 5.74) is 0.334. The molecular weight excluding hydrogens is 460 g/mol. The third-order valence-corrected chi connectivity index (χ3v) is 7.65. The van der Waals surface area contributed by atoms with E-state index in [1.807, 2.05) is 35.2 Å². The molecule has 36 heavy (non-hydrogen) atoms. The Labute approximate surface area is 210 Å². The molecule has 4 amide bonds. The fraction of sp³-hybridized carbons (Fsp3) is 0.481. The van der Waals surface area contributed by atoms with E-state index in [1.54, 1.807) is 25.6 Å². The van der Waals surface area contributed by atoms with Gasteiger partial charge in [0.25, 0.3) is 5.91 Å². The van der Waals surface area contributed by atoms with Crippen molar-refractivity contribution in [3.05, 3.63) is 59.9 Å². The molecule has 3 aliphatic heterocycles. The van der Waals surface area contributed by atoms with E-state index in [0.29, 0.717) is 43.9 Å². The number of nitrogens with zero attached hydrogens (tertiary/aromatic N) is 3. The second-order valence-corrected chi connectivity index (χ2v) is 9.67. The molecule has 2 unspecified atom stereocenters. The van der Waals surface area contributed by atoms with Crippen molar-refractivity contribution in [3.63, 3.8) is 0 Å². The lowest BCUT2D eigenvalue weighted by Crippen LogP contribution is -2.54. The van der Waals surface area contributed by atoms with Crippen molar-refractivity contribution in [1.29, 1.82) is 0 Å². The number of aromatic nitrogens is 1. The first kappa shape index (κ1) is 24.2. The maximum atomic E-state index is 13.9. The van der Waals surface area contributed by atoms with Crippen molar-refractivity contribution < 1.29 is 23.9 Å². The molecule has 1 aromatic heterocycles. The predicted octanol–water partition coefficient (Wildman–Crippen LogP) is 2.50. The average Bonchev–Trinajstić information content (AvgIpc) is 3.52. The van der Waals surface area contributed by atoms with Crippen molar-refractivity contribution in [3.8, 4) is 5.75 Å². The molecule has 9 nitrogen and oxygen atoms in total. The highest BCUT2D eigenvalue weighted by Gasteiger charge is 2.57. The van der Waals surface area contributed by atoms with E-state index >= 15 is 0 Å². The molecule has 0 radical (unpaired) electrons. The minimum Gasteiger partial charge on any atom is -0.496 e. The summed E-state index contributed by atoms with van der Waals surface area (Å²) in [5.74, 6) is 0.301. The molecule has 9 heteroatoms. The van der Waals surface area contributed by atoms with Crippen LogP contribution in [0.4, 0.5) is 4.79 Å². The number of hydrogen-bond donors (Lipinski definition) is 1. The van der Waals surface area contributed by atoms with Crippen molar-refractivity contribution >= 4 is 17.8 Å². The molecule has 4 heterocycles. The highest BCUT2D eigenvalue weighted by molar-refractivity contribution is 6.07. The number of piperidine rings is 1. The van der Waals surface area contributed by atoms with E-state index in [2.05, 4.69) is 10.3 Å². The van der Waals surface area contributed by atoms with Crippen molar-refractivity contribution in [1.82, 2.24) is 20.1 Å². The van der Waals surface area contributed by atoms with Gasteiger partial charge in [-0.15, -0.1) is 0 Å². The second kappa shape index (κ2) is 10.3. The molecule has 3 aliphatic rings. The van der Waals surface area contributed by atoms with E-state index in [4.69, 9.17) is 9.47 Å². The Hall–Kier alpha value is -3.46. The number of rotatable bonds is 7. The normalized spacial score (nSPS) is 24.8. The van der Waals surface area contributed by atoms with Gasteiger partial charge in [-0.25, -0.2) is 4.79 Å². The second-order valence-electron chi connectivity index (χ2n) is 9.67. The van der Waals surface area contributed by atoms with E-state index in [1.165, 1.54) is 4.90 Å². The van der Waals surface area contributed by atoms with Gasteiger partial charge in [0.05, 0.1) is 26.2 Å². The van der Waals surface area contributed by atoms with Gasteiger partial charge in [0, 0.05) is 43.2 Å². The van der Waals surface area contributed by atoms with Gasteiger partial charge in [-0.1, -0.05) is 24.3 Å². The summed E-state index contributed by atoms with van der Waals surface area (Å²) in [4.78, 5) is 47.5. The summed E-state index contributed by atoms with van der Waals surface area (Å²) in [5, 5.41) is 3.05. The van der Waals surface area contributed by atoms with Gasteiger partial charge in [0.1, 0.15) is 5.75 Å². The molecule has 3 saturated heterocycles. The average molecular weight is 493 g/mol. The largest absolute Gasteiger partial charge is 0.496 e. The fourth-order valence-electron chi connectivity index (χ4n) is 5.74. The number of carbonyl (C=O) groups excluding carboxylic acids is 3. The Kier molecular flexibility index (Phi) is 6.91. The molecule has 2 aromatic rings. The number of hydrogen-bond acceptors (Lipinski definition) is 6. The Morgan fingerprint density at radius 2 is 1.97 bits per heavy atom. The van der Waals surface area contributed by atoms with Crippen LogP contribution in [0, 0.1) is 5.92 Å². The lowest BCUT2D eigenvalue weighted by atomic mass is 9.73. The summed E-state index contributed by atoms with van der Waals surface area (Å²) in [7, 11) is 1.60. The Bertz CT molecular complexity index is 1110. The first-order chi connectivity index (χ1) is 17.5. The summed E-state index contributed by atoms with van der Waals surface area (Å²) in [6, 6.07) is 10.8. The van der Waals surface area contributed by atoms with Crippen LogP contribution in [-0.4, -0.2) is 72.1 Å². The zero-order valence-corrected chi connectivity index (χ0v) is 20.5. The maximum absolute atomic E-state index is 13.9. The van der Waals surface area contributed by atoms with Crippen LogP contribution >= 0.6 is 0 Å². The number of amides is 4. The van der Waals surface area contributed by atoms with Crippen molar-refractivity contribution in [2.24, 2.45) is 5.92 Å². The Morgan fingerprint density at radius 3 is 2.67 bits per heavy atom. The highest BCUT2D eigenvalue weighted by Crippen LogP contribution is 2.41. The maximum Gasteiger partial charge on any atom is 0.325 e. The quantitative estimate of drug-likeness (QED) is 0.596. The fourth-order valence-corrected chi connectivity index (χ4v) is 5.74. The first-order valence-corrected chi connectivity index (χ1v) is 12.6. The van der Waals surface area contributed by atoms with Gasteiger partial charge >= 0.3 is 6.03 Å². The van der Waals surface area contributed by atoms with Crippen LogP contribution in [-0.2, 0) is 26.3 Å². The number of carbonyl (C=O) groups is 3. The Balaban J connectivity index is 1.33. The molecule has 0 saturated carbocycles. The van der Waals surface area contributed by atoms with Crippen LogP contribution in [0.15, 0.2) is 48.8 Å². The van der Waals surface area contributed by atoms with Gasteiger partial charge in [-0.3, -0.25) is 19.5 Å². The number of ether oxygens (including phenoxy) is 2. The number of nitrogens with one attached hydrogen (secondary N) is 1. The van der Waals surface area contributed by atoms with Gasteiger partial charge in [-0.2, -0.15) is 0 Å². The smallest absolute Gasteiger partial charge is 0.325 e. The standard InChI is InChI=1S/C27H32N4O5/c1-35-23-9-3-2-6-19(23)16-24(32)30-13-10-20(11-14-30)27(21-7-4-12-28-17-21)25(33)31(26(34)29-27)18-22-8-5-15-36-22/h2-4,6-7,9,12,17,20,22H,5,8,10-11,13-16,18H2,1H3,(H,29,34). The molecular formula is C27H32N4O5. The molecule has 0 spiro atoms. The molecule has 2 atom stereocenters. The molecule has 0 aliphatic carbocycles. The molecule has 1 aromatic carbocycles. The molecule has 1 N–H and O–H groups in total. The van der Waals surface area contributed by atoms with Crippen molar-refractivity contribution in [2.45, 2.75) is 43.7 Å². The third-order valence-electron chi connectivity index (χ3n) is 7.65. The van der Waals surface area contributed by atoms with E-state index < -0.39 is 11.6 Å². The van der Waals surface area contributed by atoms with Gasteiger partial charge in [-0.05, 0) is 43.7 Å². The number of benzene rings is 1. The number of pyridine rings is 1. The zero-order valence-electron chi connectivity index (χ0n) is 20.5. The molecule has 190 valence electrons. The van der Waals surface area contributed by atoms with Crippen LogP contribution in [0.3, 0.4) is 0 Å². The molecule has 3 fully saturated rings. The van der Waals surface area contributed by atoms with Gasteiger partial charge in [0.15, 0.2) is 5.54 Å². The summed E-state index contributed by atoms with van der Waals surface area (Å²) < 4.78 is 11.1. The number of likely N-dealkylation sites (tertiary alicyclic amines) is 1. The monoisotopic (exact) mass is 492 g/mol. The number of imide groups is 1. The predicted molar refractivity (Wildman–Crippen MR) is 131 cm³/mol. The lowest BCUT2D eigenvalue weighted by Gasteiger charge is -2.41. The minimum absolute atomic E-state index is 0.0233. The van der Waals surface area contributed by atoms with Gasteiger partial charge < -0.3 is 19.7 Å². The molecule has 5 rings (SSSR count). The number of para-hydroxylation sites is 1. The summed E-state index contributed by atoms with van der Waals surface area (Å²) in [6.45, 7) is 1.93. The minimum atomic E-state index is -1.19. The van der Waals surface area contributed by atoms with Crippen LogP contribution in [0.25, 0.3) is 0 Å². The topological polar surface area (TPSA) is 101 Å². The van der Waals surface area contributed by atoms with Crippen molar-refractivity contribution in [2.75, 3.05) is 33.4 Å². The number of urea groups is 1. The first-order valence-electron chi connectivity index (χ1n) is 12.6. The Morgan fingerprint density at radius 1 is 1.17 bits per heavy atom. The van der Waals surface area contributed by atoms with Crippen LogP contribution in [0.2, 0.25) is 0 Å². The SMILES string of the molecule is COc1ccccc1CC(=O)N1CCC(C2(c3cccnc3)NC(=O)N(CC3CCCO3)C2=O)CC1. The highest BCUT2D eigenvalue weighted by atomic mass is 16.5. The zero-order chi connectivity index (χ0) is 25.1. The summed E-state index contributed by atoms with van der Waals surface area (Å²) >= 11 is 0. The van der Waals surface area contributed by atoms with E-state index in [0.717, 1.165) is 18.4 Å². The lowest BCUT2D eigenvalue weighted by molar-refractivity contribution is -0.137. The van der Waals surface area contributed by atoms with E-state index in [9.17, 15) is 14.4 Å².